The first-order valence-corrected chi connectivity index (χ1v) is 40.6. The molecule has 6 aromatic heterocycles. The number of rotatable bonds is 42. The number of nitrogens with two attached hydrogens (primary N) is 3. The lowest BCUT2D eigenvalue weighted by molar-refractivity contribution is -0.165. The highest BCUT2D eigenvalue weighted by atomic mass is 32.7. The molecule has 16 atom stereocenters. The molecule has 0 amide bonds. The van der Waals surface area contributed by atoms with Crippen molar-refractivity contribution in [3.63, 3.8) is 0 Å². The van der Waals surface area contributed by atoms with Crippen LogP contribution in [0.15, 0.2) is 38.0 Å². The van der Waals surface area contributed by atoms with Crippen LogP contribution in [-0.4, -0.2) is 208 Å². The zero-order chi connectivity index (χ0) is 71.2. The monoisotopic (exact) mass is 1510 g/mol. The molecule has 556 valence electrons. The number of ether oxygens (including phenoxy) is 6. The standard InChI is InChI=1S/C56H87N15O24P4S/c1-3-4-5-6-7-8-9-10-11-12-13-14-15-16-17-19-37(73)84-24-25-100-99(81,82)95-45-46-56(20-18-22-85-46,92-55(45)71-34-68-40-49(59)62-31-65-52(40)71)28-89-98(79,80)93-43-41(74)35(90-53(43)69-32-66-38-47(57)60-29-63-50(38)69)26-88-97(77,78)94-44-42(83-2)36(27-87-96(75,76)86-23-21-72)91-54(44)70-33-67-39-48(58)61-30-64-51(39)70/h29-36,41-46,53-55,72,74H,3-28H2,1-2H3,(H,75,76)(H,77,78)(H,79,80)(H,81,82)(H2,57,60,63)(H2,58,61,64)(H2,59,62,65)/t35-,36-,41?,42?,43?,44?,45?,46?,53-,54-,55-,56-/m1/s1. The number of hydrogen-bond donors (Lipinski definition) is 9. The molecule has 39 nitrogen and oxygen atoms in total. The molecule has 0 saturated carbocycles. The van der Waals surface area contributed by atoms with Gasteiger partial charge in [0.05, 0.1) is 52.0 Å². The second-order valence-corrected chi connectivity index (χ2v) is 32.5. The Bertz CT molecular complexity index is 3870. The van der Waals surface area contributed by atoms with Gasteiger partial charge in [0, 0.05) is 25.9 Å². The van der Waals surface area contributed by atoms with E-state index >= 15 is 0 Å². The number of nitrogen functional groups attached to an aromatic ring is 3. The van der Waals surface area contributed by atoms with Gasteiger partial charge in [-0.15, -0.1) is 0 Å². The molecule has 44 heteroatoms. The van der Waals surface area contributed by atoms with Crippen molar-refractivity contribution < 1.29 is 113 Å². The second-order valence-electron chi connectivity index (χ2n) is 24.3. The molecule has 10 heterocycles. The van der Waals surface area contributed by atoms with Crippen molar-refractivity contribution in [3.05, 3.63) is 38.0 Å². The largest absolute Gasteiger partial charge is 0.472 e. The number of hydrogen-bond acceptors (Lipinski definition) is 33. The molecule has 6 aromatic rings. The molecule has 4 fully saturated rings. The number of carbonyl (C=O) groups excluding carboxylic acids is 1. The Morgan fingerprint density at radius 1 is 0.600 bits per heavy atom. The van der Waals surface area contributed by atoms with Gasteiger partial charge in [-0.2, -0.15) is 0 Å². The minimum absolute atomic E-state index is 0.00971. The van der Waals surface area contributed by atoms with Crippen molar-refractivity contribution in [3.8, 4) is 0 Å². The zero-order valence-electron chi connectivity index (χ0n) is 55.0. The van der Waals surface area contributed by atoms with Crippen LogP contribution in [0.25, 0.3) is 33.5 Å². The number of methoxy groups -OCH3 is 1. The summed E-state index contributed by atoms with van der Waals surface area (Å²) < 4.78 is 135. The van der Waals surface area contributed by atoms with Crippen LogP contribution in [-0.2, 0) is 83.1 Å². The molecule has 0 bridgehead atoms. The predicted molar refractivity (Wildman–Crippen MR) is 353 cm³/mol. The molecular weight excluding hydrogens is 1420 g/mol. The predicted octanol–water partition coefficient (Wildman–Crippen LogP) is 6.02. The number of unbranched alkanes of at least 4 members (excludes halogenated alkanes) is 14. The van der Waals surface area contributed by atoms with Crippen molar-refractivity contribution in [2.75, 3.05) is 76.3 Å². The van der Waals surface area contributed by atoms with Crippen molar-refractivity contribution >= 4 is 98.6 Å². The normalized spacial score (nSPS) is 27.2. The van der Waals surface area contributed by atoms with E-state index in [1.165, 1.54) is 97.7 Å². The third-order valence-electron chi connectivity index (χ3n) is 17.3. The molecule has 10 unspecified atom stereocenters. The van der Waals surface area contributed by atoms with E-state index in [0.717, 1.165) is 51.0 Å². The van der Waals surface area contributed by atoms with E-state index < -0.39 is 142 Å². The number of aliphatic hydroxyl groups excluding tert-OH is 2. The molecule has 12 N–H and O–H groups in total. The number of imidazole rings is 3. The van der Waals surface area contributed by atoms with Gasteiger partial charge in [0.15, 0.2) is 53.1 Å². The van der Waals surface area contributed by atoms with Crippen LogP contribution in [0.1, 0.15) is 141 Å². The van der Waals surface area contributed by atoms with E-state index in [1.54, 1.807) is 0 Å². The first-order chi connectivity index (χ1) is 48.0. The highest BCUT2D eigenvalue weighted by Crippen LogP contribution is 2.62. The number of phosphoric ester groups is 3. The third-order valence-corrected chi connectivity index (χ3v) is 23.2. The molecule has 4 saturated heterocycles. The first kappa shape index (κ1) is 77.7. The van der Waals surface area contributed by atoms with Gasteiger partial charge in [-0.1, -0.05) is 96.8 Å². The molecule has 10 rings (SSSR count). The van der Waals surface area contributed by atoms with Crippen LogP contribution >= 0.6 is 41.6 Å². The fourth-order valence-electron chi connectivity index (χ4n) is 12.5. The third kappa shape index (κ3) is 19.5. The lowest BCUT2D eigenvalue weighted by atomic mass is 9.89. The average molecular weight is 1510 g/mol. The van der Waals surface area contributed by atoms with Gasteiger partial charge < -0.3 is 75.4 Å². The van der Waals surface area contributed by atoms with Gasteiger partial charge in [0.2, 0.25) is 0 Å². The van der Waals surface area contributed by atoms with E-state index in [0.29, 0.717) is 17.8 Å². The number of aliphatic hydroxyl groups is 2. The highest BCUT2D eigenvalue weighted by Gasteiger charge is 2.62. The quantitative estimate of drug-likeness (QED) is 0.0120. The minimum atomic E-state index is -5.53. The fraction of sp³-hybridized carbons (Fsp3) is 0.714. The maximum Gasteiger partial charge on any atom is 0.472 e. The Morgan fingerprint density at radius 2 is 1.09 bits per heavy atom. The molecule has 0 spiro atoms. The lowest BCUT2D eigenvalue weighted by Crippen LogP contribution is -2.51. The molecular formula is C56H87N15O24P4S. The van der Waals surface area contributed by atoms with Gasteiger partial charge in [-0.3, -0.25) is 50.2 Å². The van der Waals surface area contributed by atoms with Crippen LogP contribution in [0.3, 0.4) is 0 Å². The summed E-state index contributed by atoms with van der Waals surface area (Å²) in [6.45, 7) is -6.45. The molecule has 0 aliphatic carbocycles. The maximum atomic E-state index is 14.6. The number of aromatic nitrogens is 12. The minimum Gasteiger partial charge on any atom is -0.465 e. The van der Waals surface area contributed by atoms with Gasteiger partial charge in [0.25, 0.3) is 0 Å². The summed E-state index contributed by atoms with van der Waals surface area (Å²) in [5, 5.41) is 21.3. The first-order valence-electron chi connectivity index (χ1n) is 32.9. The molecule has 0 aromatic carbocycles. The van der Waals surface area contributed by atoms with Crippen LogP contribution in [0.5, 0.6) is 0 Å². The summed E-state index contributed by atoms with van der Waals surface area (Å²) in [4.78, 5) is 95.3. The summed E-state index contributed by atoms with van der Waals surface area (Å²) >= 11 is 0.497. The number of esters is 1. The van der Waals surface area contributed by atoms with E-state index in [4.69, 9.17) is 82.4 Å². The van der Waals surface area contributed by atoms with Crippen molar-refractivity contribution in [2.45, 2.75) is 196 Å². The second kappa shape index (κ2) is 35.2. The fourth-order valence-corrected chi connectivity index (χ4v) is 17.5. The Balaban J connectivity index is 0.797. The molecule has 0 radical (unpaired) electrons. The van der Waals surface area contributed by atoms with Crippen LogP contribution in [0, 0.1) is 0 Å². The summed E-state index contributed by atoms with van der Waals surface area (Å²) in [5.74, 6) is -0.735. The van der Waals surface area contributed by atoms with Crippen LogP contribution < -0.4 is 17.2 Å². The molecule has 100 heavy (non-hydrogen) atoms. The lowest BCUT2D eigenvalue weighted by Gasteiger charge is -2.38. The van der Waals surface area contributed by atoms with Crippen molar-refractivity contribution in [1.29, 1.82) is 0 Å². The Morgan fingerprint density at radius 3 is 1.64 bits per heavy atom. The highest BCUT2D eigenvalue weighted by molar-refractivity contribution is 8.54. The van der Waals surface area contributed by atoms with E-state index in [9.17, 15) is 47.7 Å². The van der Waals surface area contributed by atoms with Crippen LogP contribution in [0.2, 0.25) is 0 Å². The van der Waals surface area contributed by atoms with E-state index in [-0.39, 0.29) is 89.2 Å². The zero-order valence-corrected chi connectivity index (χ0v) is 59.4. The average Bonchev–Trinajstić information content (AvgIpc) is 1.61. The Kier molecular flexibility index (Phi) is 27.4. The van der Waals surface area contributed by atoms with Crippen molar-refractivity contribution in [1.82, 2.24) is 58.6 Å². The Labute approximate surface area is 577 Å². The number of anilines is 3. The van der Waals surface area contributed by atoms with Crippen LogP contribution in [0.4, 0.5) is 17.5 Å². The summed E-state index contributed by atoms with van der Waals surface area (Å²) in [6.07, 6.45) is 7.50. The number of phosphoric acid groups is 3. The van der Waals surface area contributed by atoms with Crippen molar-refractivity contribution in [2.24, 2.45) is 0 Å². The van der Waals surface area contributed by atoms with Gasteiger partial charge >= 0.3 is 36.2 Å². The summed E-state index contributed by atoms with van der Waals surface area (Å²) in [6, 6.07) is 0. The van der Waals surface area contributed by atoms with Gasteiger partial charge in [-0.05, 0) is 30.6 Å². The summed E-state index contributed by atoms with van der Waals surface area (Å²) in [7, 11) is -14.6. The number of nitrogens with zero attached hydrogens (tertiary/aromatic N) is 12. The number of carbonyl (C=O) groups is 1. The van der Waals surface area contributed by atoms with Gasteiger partial charge in [0.1, 0.15) is 96.6 Å². The number of fused-ring (bicyclic) bond motifs is 4. The summed E-state index contributed by atoms with van der Waals surface area (Å²) in [5.41, 5.74) is 16.9. The topological polar surface area (TPSA) is 536 Å². The van der Waals surface area contributed by atoms with E-state index in [1.807, 2.05) is 0 Å². The molecule has 4 aliphatic rings. The van der Waals surface area contributed by atoms with Gasteiger partial charge in [-0.25, -0.2) is 63.1 Å². The maximum absolute atomic E-state index is 14.6. The molecule has 4 aliphatic heterocycles. The Hall–Kier alpha value is -4.93. The smallest absolute Gasteiger partial charge is 0.465 e. The SMILES string of the molecule is CCCCCCCCCCCCCCCCCC(=O)OCCSP(=O)(O)OC1C2OCCC[C@]2(COP(=O)(O)OC2C(O)[C@@H](COP(=O)(O)OC3C(OC)[C@@H](COP(=O)(O)OCCO)O[C@H]3n3cnc4c(N)ncnc43)O[C@H]2n2cnc3c(N)ncnc32)O[C@H]1n1cnc2c(N)ncnc21. The van der Waals surface area contributed by atoms with E-state index in [2.05, 4.69) is 51.8 Å².